The van der Waals surface area contributed by atoms with Crippen molar-refractivity contribution in [2.75, 3.05) is 0 Å². The highest BCUT2D eigenvalue weighted by Gasteiger charge is 2.15. The van der Waals surface area contributed by atoms with E-state index >= 15 is 0 Å². The summed E-state index contributed by atoms with van der Waals surface area (Å²) in [5.74, 6) is 2.24. The van der Waals surface area contributed by atoms with Gasteiger partial charge in [-0.2, -0.15) is 0 Å². The Hall–Kier alpha value is -1.12. The summed E-state index contributed by atoms with van der Waals surface area (Å²) in [6.45, 7) is 4.43. The summed E-state index contributed by atoms with van der Waals surface area (Å²) in [5.41, 5.74) is 7.15. The highest BCUT2D eigenvalue weighted by atomic mass is 32.2. The zero-order valence-corrected chi connectivity index (χ0v) is 14.1. The monoisotopic (exact) mass is 312 g/mol. The number of rotatable bonds is 2. The third-order valence-electron chi connectivity index (χ3n) is 3.87. The number of thioether (sulfide) groups is 2. The van der Waals surface area contributed by atoms with Crippen LogP contribution < -0.4 is 0 Å². The summed E-state index contributed by atoms with van der Waals surface area (Å²) in [7, 11) is 0. The van der Waals surface area contributed by atoms with Gasteiger partial charge in [-0.1, -0.05) is 54.6 Å². The normalized spacial score (nSPS) is 15.9. The molecular weight excluding hydrogens is 292 g/mol. The van der Waals surface area contributed by atoms with Gasteiger partial charge in [0, 0.05) is 11.5 Å². The van der Waals surface area contributed by atoms with Crippen LogP contribution in [0.3, 0.4) is 0 Å². The molecule has 0 radical (unpaired) electrons. The minimum Gasteiger partial charge on any atom is -0.139 e. The molecule has 1 aliphatic heterocycles. The van der Waals surface area contributed by atoms with Gasteiger partial charge in [0.05, 0.1) is 4.58 Å². The molecule has 1 aliphatic rings. The van der Waals surface area contributed by atoms with Crippen molar-refractivity contribution in [3.8, 4) is 0 Å². The second-order valence-corrected chi connectivity index (χ2v) is 8.02. The van der Waals surface area contributed by atoms with Crippen LogP contribution in [0, 0.1) is 13.8 Å². The molecule has 0 aliphatic carbocycles. The second kappa shape index (κ2) is 6.76. The van der Waals surface area contributed by atoms with E-state index in [1.165, 1.54) is 27.8 Å². The average Bonchev–Trinajstić information content (AvgIpc) is 2.69. The van der Waals surface area contributed by atoms with Crippen LogP contribution in [-0.4, -0.2) is 4.58 Å². The molecule has 0 N–H and O–H groups in total. The molecule has 0 atom stereocenters. The minimum atomic E-state index is 0.540. The molecule has 2 aromatic carbocycles. The average molecular weight is 313 g/mol. The summed E-state index contributed by atoms with van der Waals surface area (Å²) in [6.07, 6.45) is 4.59. The molecule has 0 spiro atoms. The van der Waals surface area contributed by atoms with Crippen LogP contribution in [0.2, 0.25) is 0 Å². The first-order valence-electron chi connectivity index (χ1n) is 7.28. The molecule has 0 fully saturated rings. The fraction of sp³-hybridized carbons (Fsp3) is 0.263. The Balaban J connectivity index is 1.71. The van der Waals surface area contributed by atoms with E-state index in [0.717, 1.165) is 11.5 Å². The van der Waals surface area contributed by atoms with Crippen molar-refractivity contribution < 1.29 is 0 Å². The molecule has 0 nitrogen and oxygen atoms in total. The predicted molar refractivity (Wildman–Crippen MR) is 97.8 cm³/mol. The van der Waals surface area contributed by atoms with E-state index in [4.69, 9.17) is 0 Å². The number of aryl methyl sites for hydroxylation is 2. The Morgan fingerprint density at radius 2 is 1.48 bits per heavy atom. The maximum atomic E-state index is 2.38. The van der Waals surface area contributed by atoms with Gasteiger partial charge in [-0.3, -0.25) is 0 Å². The number of fused-ring (bicyclic) bond motifs is 1. The fourth-order valence-corrected chi connectivity index (χ4v) is 4.86. The minimum absolute atomic E-state index is 0.540. The third-order valence-corrected chi connectivity index (χ3v) is 6.61. The molecule has 2 heteroatoms. The summed E-state index contributed by atoms with van der Waals surface area (Å²) in [6, 6.07) is 15.3. The van der Waals surface area contributed by atoms with E-state index in [9.17, 15) is 0 Å². The van der Waals surface area contributed by atoms with Crippen molar-refractivity contribution in [1.29, 1.82) is 0 Å². The summed E-state index contributed by atoms with van der Waals surface area (Å²) in [5, 5.41) is 0. The standard InChI is InChI=1S/C19H20S2/c1-14-10-17-12-20-19(21-13-18(17)11-15(14)2)9-8-16-6-4-3-5-7-16/h3-11,19H,12-13H2,1-2H3. The van der Waals surface area contributed by atoms with E-state index in [0.29, 0.717) is 4.58 Å². The maximum Gasteiger partial charge on any atom is 0.0692 e. The summed E-state index contributed by atoms with van der Waals surface area (Å²) >= 11 is 4.07. The zero-order chi connectivity index (χ0) is 14.7. The van der Waals surface area contributed by atoms with Crippen LogP contribution in [0.25, 0.3) is 6.08 Å². The van der Waals surface area contributed by atoms with Crippen LogP contribution >= 0.6 is 23.5 Å². The molecule has 0 unspecified atom stereocenters. The number of hydrogen-bond acceptors (Lipinski definition) is 2. The van der Waals surface area contributed by atoms with Crippen molar-refractivity contribution in [2.45, 2.75) is 29.9 Å². The van der Waals surface area contributed by atoms with Gasteiger partial charge < -0.3 is 0 Å². The lowest BCUT2D eigenvalue weighted by Gasteiger charge is -2.08. The van der Waals surface area contributed by atoms with Crippen LogP contribution in [0.15, 0.2) is 48.5 Å². The lowest BCUT2D eigenvalue weighted by atomic mass is 10.0. The van der Waals surface area contributed by atoms with Gasteiger partial charge in [-0.05, 0) is 41.7 Å². The van der Waals surface area contributed by atoms with Crippen molar-refractivity contribution in [2.24, 2.45) is 0 Å². The molecule has 1 heterocycles. The van der Waals surface area contributed by atoms with Crippen LogP contribution in [-0.2, 0) is 11.5 Å². The SMILES string of the molecule is Cc1cc2c(cc1C)CSC(C=Cc1ccccc1)SC2. The molecule has 2 aromatic rings. The molecule has 0 bridgehead atoms. The van der Waals surface area contributed by atoms with Gasteiger partial charge in [-0.25, -0.2) is 0 Å². The first-order valence-corrected chi connectivity index (χ1v) is 9.37. The lowest BCUT2D eigenvalue weighted by Crippen LogP contribution is -1.92. The fourth-order valence-electron chi connectivity index (χ4n) is 2.46. The van der Waals surface area contributed by atoms with E-state index in [1.807, 2.05) is 23.5 Å². The lowest BCUT2D eigenvalue weighted by molar-refractivity contribution is 1.22. The summed E-state index contributed by atoms with van der Waals surface area (Å²) in [4.78, 5) is 0. The van der Waals surface area contributed by atoms with Crippen LogP contribution in [0.4, 0.5) is 0 Å². The van der Waals surface area contributed by atoms with Crippen molar-refractivity contribution in [1.82, 2.24) is 0 Å². The Labute approximate surface area is 136 Å². The Morgan fingerprint density at radius 3 is 2.05 bits per heavy atom. The van der Waals surface area contributed by atoms with E-state index in [-0.39, 0.29) is 0 Å². The number of hydrogen-bond donors (Lipinski definition) is 0. The molecule has 3 rings (SSSR count). The quantitative estimate of drug-likeness (QED) is 0.685. The number of benzene rings is 2. The van der Waals surface area contributed by atoms with Gasteiger partial charge in [-0.15, -0.1) is 23.5 Å². The Kier molecular flexibility index (Phi) is 4.77. The molecular formula is C19H20S2. The second-order valence-electron chi connectivity index (χ2n) is 5.47. The molecule has 108 valence electrons. The first-order chi connectivity index (χ1) is 10.2. The van der Waals surface area contributed by atoms with E-state index < -0.39 is 0 Å². The maximum absolute atomic E-state index is 2.38. The topological polar surface area (TPSA) is 0 Å². The third kappa shape index (κ3) is 3.75. The molecule has 0 saturated heterocycles. The predicted octanol–water partition coefficient (Wildman–Crippen LogP) is 5.82. The smallest absolute Gasteiger partial charge is 0.0692 e. The van der Waals surface area contributed by atoms with E-state index in [2.05, 4.69) is 68.5 Å². The molecule has 0 saturated carbocycles. The van der Waals surface area contributed by atoms with Crippen LogP contribution in [0.5, 0.6) is 0 Å². The van der Waals surface area contributed by atoms with Gasteiger partial charge in [0.2, 0.25) is 0 Å². The van der Waals surface area contributed by atoms with Crippen LogP contribution in [0.1, 0.15) is 27.8 Å². The molecule has 0 aromatic heterocycles. The van der Waals surface area contributed by atoms with Crippen molar-refractivity contribution >= 4 is 29.6 Å². The Bertz CT molecular complexity index is 611. The van der Waals surface area contributed by atoms with Crippen molar-refractivity contribution in [3.05, 3.63) is 76.4 Å². The molecule has 21 heavy (non-hydrogen) atoms. The van der Waals surface area contributed by atoms with Gasteiger partial charge >= 0.3 is 0 Å². The Morgan fingerprint density at radius 1 is 0.905 bits per heavy atom. The summed E-state index contributed by atoms with van der Waals surface area (Å²) < 4.78 is 0.540. The van der Waals surface area contributed by atoms with Gasteiger partial charge in [0.25, 0.3) is 0 Å². The van der Waals surface area contributed by atoms with Gasteiger partial charge in [0.15, 0.2) is 0 Å². The highest BCUT2D eigenvalue weighted by molar-refractivity contribution is 8.16. The largest absolute Gasteiger partial charge is 0.139 e. The zero-order valence-electron chi connectivity index (χ0n) is 12.5. The van der Waals surface area contributed by atoms with Gasteiger partial charge in [0.1, 0.15) is 0 Å². The highest BCUT2D eigenvalue weighted by Crippen LogP contribution is 2.37. The van der Waals surface area contributed by atoms with Crippen molar-refractivity contribution in [3.63, 3.8) is 0 Å². The van der Waals surface area contributed by atoms with E-state index in [1.54, 1.807) is 0 Å². The molecule has 0 amide bonds. The first kappa shape index (κ1) is 14.8.